The molecule has 0 saturated heterocycles. The molecule has 2 aromatic heterocycles. The van der Waals surface area contributed by atoms with Gasteiger partial charge in [0, 0.05) is 21.2 Å². The van der Waals surface area contributed by atoms with Gasteiger partial charge < -0.3 is 5.32 Å². The summed E-state index contributed by atoms with van der Waals surface area (Å²) in [7, 11) is 0. The lowest BCUT2D eigenvalue weighted by atomic mass is 10.1. The number of benzene rings is 2. The van der Waals surface area contributed by atoms with Gasteiger partial charge in [-0.2, -0.15) is 0 Å². The van der Waals surface area contributed by atoms with Crippen molar-refractivity contribution in [1.82, 2.24) is 15.3 Å². The molecule has 0 spiro atoms. The Kier molecular flexibility index (Phi) is 3.28. The van der Waals surface area contributed by atoms with Crippen LogP contribution in [-0.4, -0.2) is 21.4 Å². The van der Waals surface area contributed by atoms with E-state index in [1.807, 2.05) is 63.2 Å². The van der Waals surface area contributed by atoms with Crippen LogP contribution in [0.4, 0.5) is 0 Å². The summed E-state index contributed by atoms with van der Waals surface area (Å²) in [5, 5.41) is 3.98. The van der Waals surface area contributed by atoms with Gasteiger partial charge in [0.1, 0.15) is 10.3 Å². The molecule has 2 aromatic carbocycles. The van der Waals surface area contributed by atoms with Crippen LogP contribution in [0.3, 0.4) is 0 Å². The van der Waals surface area contributed by atoms with Crippen molar-refractivity contribution in [2.45, 2.75) is 26.3 Å². The Hall–Kier alpha value is -2.53. The Morgan fingerprint density at radius 3 is 2.46 bits per heavy atom. The van der Waals surface area contributed by atoms with E-state index in [-0.39, 0.29) is 11.4 Å². The van der Waals surface area contributed by atoms with E-state index in [4.69, 9.17) is 9.97 Å². The Morgan fingerprint density at radius 2 is 1.75 bits per heavy atom. The summed E-state index contributed by atoms with van der Waals surface area (Å²) < 4.78 is 1.09. The van der Waals surface area contributed by atoms with E-state index in [0.717, 1.165) is 31.5 Å². The van der Waals surface area contributed by atoms with Crippen molar-refractivity contribution in [3.05, 3.63) is 48.0 Å². The highest BCUT2D eigenvalue weighted by molar-refractivity contribution is 7.25. The Labute approximate surface area is 143 Å². The molecule has 4 aromatic rings. The predicted octanol–water partition coefficient (Wildman–Crippen LogP) is 4.53. The summed E-state index contributed by atoms with van der Waals surface area (Å²) in [6.07, 6.45) is 0. The third-order valence-electron chi connectivity index (χ3n) is 3.73. The maximum Gasteiger partial charge on any atom is 0.251 e. The molecule has 5 heteroatoms. The third-order valence-corrected chi connectivity index (χ3v) is 4.78. The van der Waals surface area contributed by atoms with Crippen LogP contribution >= 0.6 is 11.3 Å². The van der Waals surface area contributed by atoms with Crippen molar-refractivity contribution in [3.63, 3.8) is 0 Å². The Bertz CT molecular complexity index is 1090. The predicted molar refractivity (Wildman–Crippen MR) is 99.6 cm³/mol. The maximum absolute atomic E-state index is 12.4. The maximum atomic E-state index is 12.4. The molecule has 0 saturated carbocycles. The number of hydrogen-bond acceptors (Lipinski definition) is 4. The van der Waals surface area contributed by atoms with Crippen LogP contribution < -0.4 is 5.32 Å². The van der Waals surface area contributed by atoms with Gasteiger partial charge in [0.05, 0.1) is 11.0 Å². The SMILES string of the molecule is CC(C)(C)NC(=O)c1ccc2sc3nc4ccccc4nc3c2c1. The Morgan fingerprint density at radius 1 is 1.04 bits per heavy atom. The number of carbonyl (C=O) groups excluding carboxylic acids is 1. The smallest absolute Gasteiger partial charge is 0.251 e. The highest BCUT2D eigenvalue weighted by Crippen LogP contribution is 2.33. The number of carbonyl (C=O) groups is 1. The molecule has 2 heterocycles. The second-order valence-corrected chi connectivity index (χ2v) is 7.91. The van der Waals surface area contributed by atoms with Gasteiger partial charge in [0.25, 0.3) is 5.91 Å². The third kappa shape index (κ3) is 2.61. The van der Waals surface area contributed by atoms with E-state index < -0.39 is 0 Å². The summed E-state index contributed by atoms with van der Waals surface area (Å²) in [6.45, 7) is 5.92. The minimum atomic E-state index is -0.265. The summed E-state index contributed by atoms with van der Waals surface area (Å²) in [5.41, 5.74) is 3.00. The van der Waals surface area contributed by atoms with Gasteiger partial charge in [-0.3, -0.25) is 4.79 Å². The molecule has 120 valence electrons. The minimum absolute atomic E-state index is 0.0718. The first-order valence-corrected chi connectivity index (χ1v) is 8.64. The average Bonchev–Trinajstić information content (AvgIpc) is 2.87. The molecule has 0 aliphatic carbocycles. The second kappa shape index (κ2) is 5.24. The number of nitrogens with one attached hydrogen (secondary N) is 1. The number of fused-ring (bicyclic) bond motifs is 4. The van der Waals surface area contributed by atoms with E-state index in [1.54, 1.807) is 11.3 Å². The van der Waals surface area contributed by atoms with Crippen molar-refractivity contribution in [2.24, 2.45) is 0 Å². The second-order valence-electron chi connectivity index (χ2n) is 6.88. The first-order chi connectivity index (χ1) is 11.4. The van der Waals surface area contributed by atoms with Gasteiger partial charge in [-0.15, -0.1) is 11.3 Å². The van der Waals surface area contributed by atoms with E-state index >= 15 is 0 Å². The lowest BCUT2D eigenvalue weighted by molar-refractivity contribution is 0.0919. The van der Waals surface area contributed by atoms with Gasteiger partial charge in [-0.25, -0.2) is 9.97 Å². The van der Waals surface area contributed by atoms with Crippen molar-refractivity contribution < 1.29 is 4.79 Å². The molecule has 0 atom stereocenters. The summed E-state index contributed by atoms with van der Waals surface area (Å²) >= 11 is 1.60. The molecular formula is C19H17N3OS. The monoisotopic (exact) mass is 335 g/mol. The van der Waals surface area contributed by atoms with E-state index in [2.05, 4.69) is 5.32 Å². The van der Waals surface area contributed by atoms with Crippen molar-refractivity contribution in [2.75, 3.05) is 0 Å². The molecule has 1 amide bonds. The lowest BCUT2D eigenvalue weighted by Crippen LogP contribution is -2.40. The normalized spacial score (nSPS) is 12.1. The topological polar surface area (TPSA) is 54.9 Å². The van der Waals surface area contributed by atoms with E-state index in [9.17, 15) is 4.79 Å². The fraction of sp³-hybridized carbons (Fsp3) is 0.211. The van der Waals surface area contributed by atoms with Crippen LogP contribution in [0.5, 0.6) is 0 Å². The van der Waals surface area contributed by atoms with Crippen LogP contribution in [0, 0.1) is 0 Å². The average molecular weight is 335 g/mol. The molecule has 0 fully saturated rings. The number of thiophene rings is 1. The zero-order valence-electron chi connectivity index (χ0n) is 13.8. The molecule has 0 aliphatic rings. The van der Waals surface area contributed by atoms with Gasteiger partial charge >= 0.3 is 0 Å². The van der Waals surface area contributed by atoms with Crippen LogP contribution in [0.1, 0.15) is 31.1 Å². The van der Waals surface area contributed by atoms with Gasteiger partial charge in [-0.05, 0) is 51.1 Å². The highest BCUT2D eigenvalue weighted by Gasteiger charge is 2.17. The fourth-order valence-corrected chi connectivity index (χ4v) is 3.70. The number of para-hydroxylation sites is 2. The first-order valence-electron chi connectivity index (χ1n) is 7.82. The van der Waals surface area contributed by atoms with Crippen molar-refractivity contribution >= 4 is 48.7 Å². The van der Waals surface area contributed by atoms with Gasteiger partial charge in [0.2, 0.25) is 0 Å². The van der Waals surface area contributed by atoms with Crippen LogP contribution in [-0.2, 0) is 0 Å². The van der Waals surface area contributed by atoms with E-state index in [1.165, 1.54) is 0 Å². The van der Waals surface area contributed by atoms with E-state index in [0.29, 0.717) is 5.56 Å². The summed E-state index contributed by atoms with van der Waals surface area (Å²) in [6, 6.07) is 13.6. The molecular weight excluding hydrogens is 318 g/mol. The summed E-state index contributed by atoms with van der Waals surface area (Å²) in [4.78, 5) is 22.8. The first kappa shape index (κ1) is 15.0. The lowest BCUT2D eigenvalue weighted by Gasteiger charge is -2.20. The van der Waals surface area contributed by atoms with Crippen molar-refractivity contribution in [3.8, 4) is 0 Å². The minimum Gasteiger partial charge on any atom is -0.347 e. The molecule has 0 aliphatic heterocycles. The number of amides is 1. The van der Waals surface area contributed by atoms with Gasteiger partial charge in [0.15, 0.2) is 0 Å². The van der Waals surface area contributed by atoms with Crippen molar-refractivity contribution in [1.29, 1.82) is 0 Å². The highest BCUT2D eigenvalue weighted by atomic mass is 32.1. The molecule has 24 heavy (non-hydrogen) atoms. The Balaban J connectivity index is 1.90. The number of rotatable bonds is 1. The number of aromatic nitrogens is 2. The molecule has 4 nitrogen and oxygen atoms in total. The fourth-order valence-electron chi connectivity index (χ4n) is 2.69. The van der Waals surface area contributed by atoms with Gasteiger partial charge in [-0.1, -0.05) is 12.1 Å². The molecule has 0 bridgehead atoms. The quantitative estimate of drug-likeness (QED) is 0.556. The summed E-state index contributed by atoms with van der Waals surface area (Å²) in [5.74, 6) is -0.0718. The van der Waals surface area contributed by atoms with Crippen LogP contribution in [0.25, 0.3) is 31.5 Å². The zero-order chi connectivity index (χ0) is 16.9. The standard InChI is InChI=1S/C19H17N3OS/c1-19(2,3)22-17(23)11-8-9-15-12(10-11)16-18(24-15)21-14-7-5-4-6-13(14)20-16/h4-10H,1-3H3,(H,22,23). The van der Waals surface area contributed by atoms with Crippen LogP contribution in [0.2, 0.25) is 0 Å². The molecule has 1 N–H and O–H groups in total. The molecule has 0 radical (unpaired) electrons. The largest absolute Gasteiger partial charge is 0.347 e. The number of nitrogens with zero attached hydrogens (tertiary/aromatic N) is 2. The van der Waals surface area contributed by atoms with Crippen LogP contribution in [0.15, 0.2) is 42.5 Å². The molecule has 4 rings (SSSR count). The zero-order valence-corrected chi connectivity index (χ0v) is 14.6. The number of hydrogen-bond donors (Lipinski definition) is 1. The molecule has 0 unspecified atom stereocenters.